The number of nitrogens with one attached hydrogen (secondary N) is 1. The first-order valence-electron chi connectivity index (χ1n) is 9.58. The Morgan fingerprint density at radius 2 is 1.71 bits per heavy atom. The van der Waals surface area contributed by atoms with E-state index in [1.807, 2.05) is 9.80 Å². The van der Waals surface area contributed by atoms with Crippen LogP contribution in [0.15, 0.2) is 0 Å². The van der Waals surface area contributed by atoms with Crippen LogP contribution in [-0.2, 0) is 19.4 Å². The van der Waals surface area contributed by atoms with E-state index in [2.05, 4.69) is 5.32 Å². The lowest BCUT2D eigenvalue weighted by Crippen LogP contribution is -2.52. The molecule has 0 aromatic heterocycles. The van der Waals surface area contributed by atoms with Crippen molar-refractivity contribution in [2.24, 2.45) is 11.7 Å². The fraction of sp³-hybridized carbons (Fsp3) is 0.882. The van der Waals surface area contributed by atoms with Gasteiger partial charge in [0.1, 0.15) is 0 Å². The third kappa shape index (κ3) is 7.02. The Balaban J connectivity index is 0.00000196. The maximum atomic E-state index is 12.4. The topological polar surface area (TPSA) is 113 Å². The molecule has 3 fully saturated rings. The second kappa shape index (κ2) is 11.0. The van der Waals surface area contributed by atoms with Crippen molar-refractivity contribution in [3.8, 4) is 0 Å². The van der Waals surface area contributed by atoms with E-state index in [0.29, 0.717) is 44.9 Å². The van der Waals surface area contributed by atoms with E-state index in [9.17, 15) is 18.0 Å². The second-order valence-corrected chi connectivity index (χ2v) is 10.1. The largest absolute Gasteiger partial charge is 0.351 e. The lowest BCUT2D eigenvalue weighted by molar-refractivity contribution is -0.134. The van der Waals surface area contributed by atoms with Gasteiger partial charge in [-0.1, -0.05) is 6.42 Å². The number of carbonyl (C=O) groups is 2. The molecule has 8 nitrogen and oxygen atoms in total. The fourth-order valence-electron chi connectivity index (χ4n) is 4.21. The van der Waals surface area contributed by atoms with E-state index < -0.39 is 9.84 Å². The minimum atomic E-state index is -2.99. The normalized spacial score (nSPS) is 29.6. The van der Waals surface area contributed by atoms with Crippen LogP contribution in [0, 0.1) is 5.92 Å². The van der Waals surface area contributed by atoms with Gasteiger partial charge in [0.05, 0.1) is 18.1 Å². The van der Waals surface area contributed by atoms with Crippen molar-refractivity contribution in [2.45, 2.75) is 44.2 Å². The number of rotatable bonds is 5. The van der Waals surface area contributed by atoms with Crippen molar-refractivity contribution in [3.63, 3.8) is 0 Å². The maximum Gasteiger partial charge on any atom is 0.234 e. The number of sulfone groups is 1. The lowest BCUT2D eigenvalue weighted by Gasteiger charge is -2.35. The molecular weight excluding hydrogens is 427 g/mol. The molecule has 11 heteroatoms. The molecule has 3 aliphatic rings. The molecule has 0 aromatic carbocycles. The van der Waals surface area contributed by atoms with Crippen molar-refractivity contribution in [1.29, 1.82) is 0 Å². The van der Waals surface area contributed by atoms with Gasteiger partial charge in [0.2, 0.25) is 11.8 Å². The minimum Gasteiger partial charge on any atom is -0.351 e. The average molecular weight is 459 g/mol. The number of hydrogen-bond donors (Lipinski definition) is 2. The Bertz CT molecular complexity index is 641. The third-order valence-corrected chi connectivity index (χ3v) is 7.61. The molecule has 2 heterocycles. The summed E-state index contributed by atoms with van der Waals surface area (Å²) < 4.78 is 22.9. The fourth-order valence-corrected chi connectivity index (χ4v) is 5.89. The first-order chi connectivity index (χ1) is 12.3. The molecule has 1 saturated carbocycles. The van der Waals surface area contributed by atoms with Crippen molar-refractivity contribution in [2.75, 3.05) is 44.2 Å². The maximum absolute atomic E-state index is 12.4. The third-order valence-electron chi connectivity index (χ3n) is 5.84. The number of piperazine rings is 1. The Kier molecular flexibility index (Phi) is 9.96. The molecule has 3 atom stereocenters. The summed E-state index contributed by atoms with van der Waals surface area (Å²) in [5, 5.41) is 2.81. The van der Waals surface area contributed by atoms with E-state index >= 15 is 0 Å². The predicted molar refractivity (Wildman–Crippen MR) is 113 cm³/mol. The van der Waals surface area contributed by atoms with Gasteiger partial charge in [-0.25, -0.2) is 8.42 Å². The van der Waals surface area contributed by atoms with Crippen LogP contribution in [0.25, 0.3) is 0 Å². The van der Waals surface area contributed by atoms with Gasteiger partial charge in [-0.3, -0.25) is 14.5 Å². The number of carbonyl (C=O) groups excluding carboxylic acids is 2. The highest BCUT2D eigenvalue weighted by Gasteiger charge is 2.31. The first kappa shape index (κ1) is 25.4. The summed E-state index contributed by atoms with van der Waals surface area (Å²) in [5.41, 5.74) is 6.06. The summed E-state index contributed by atoms with van der Waals surface area (Å²) in [4.78, 5) is 28.4. The molecule has 3 rings (SSSR count). The predicted octanol–water partition coefficient (Wildman–Crippen LogP) is -0.205. The van der Waals surface area contributed by atoms with E-state index in [0.717, 1.165) is 19.3 Å². The molecule has 0 bridgehead atoms. The number of amides is 2. The highest BCUT2D eigenvalue weighted by Crippen LogP contribution is 2.27. The molecule has 0 radical (unpaired) electrons. The average Bonchev–Trinajstić information content (AvgIpc) is 3.13. The van der Waals surface area contributed by atoms with E-state index in [1.165, 1.54) is 0 Å². The number of halogens is 2. The molecule has 2 aliphatic heterocycles. The van der Waals surface area contributed by atoms with Crippen LogP contribution in [-0.4, -0.2) is 86.3 Å². The summed E-state index contributed by atoms with van der Waals surface area (Å²) in [6.45, 7) is 2.85. The molecule has 0 spiro atoms. The molecule has 1 unspecified atom stereocenters. The van der Waals surface area contributed by atoms with E-state index in [1.54, 1.807) is 0 Å². The number of nitrogens with two attached hydrogens (primary N) is 1. The SMILES string of the molecule is Cl.Cl.N[C@@H]1CCC[C@H]1CC(=O)N1CCN(CC(=O)NC2CCS(=O)(=O)C2)CC1. The Labute approximate surface area is 179 Å². The first-order valence-corrected chi connectivity index (χ1v) is 11.4. The molecule has 1 aliphatic carbocycles. The minimum absolute atomic E-state index is 0. The van der Waals surface area contributed by atoms with Gasteiger partial charge >= 0.3 is 0 Å². The van der Waals surface area contributed by atoms with Crippen LogP contribution in [0.2, 0.25) is 0 Å². The Morgan fingerprint density at radius 3 is 2.25 bits per heavy atom. The van der Waals surface area contributed by atoms with Gasteiger partial charge < -0.3 is 16.0 Å². The highest BCUT2D eigenvalue weighted by atomic mass is 35.5. The Hall–Kier alpha value is -0.610. The van der Waals surface area contributed by atoms with E-state index in [-0.39, 0.29) is 66.8 Å². The summed E-state index contributed by atoms with van der Waals surface area (Å²) in [6.07, 6.45) is 4.22. The molecule has 0 aromatic rings. The molecule has 3 N–H and O–H groups in total. The number of nitrogens with zero attached hydrogens (tertiary/aromatic N) is 2. The van der Waals surface area contributed by atoms with Gasteiger partial charge in [0.15, 0.2) is 9.84 Å². The van der Waals surface area contributed by atoms with Gasteiger partial charge in [-0.15, -0.1) is 24.8 Å². The van der Waals surface area contributed by atoms with Crippen LogP contribution in [0.3, 0.4) is 0 Å². The summed E-state index contributed by atoms with van der Waals surface area (Å²) in [5.74, 6) is 0.554. The summed E-state index contributed by atoms with van der Waals surface area (Å²) in [6, 6.07) is -0.102. The molecule has 28 heavy (non-hydrogen) atoms. The van der Waals surface area contributed by atoms with E-state index in [4.69, 9.17) is 5.73 Å². The lowest BCUT2D eigenvalue weighted by atomic mass is 9.99. The summed E-state index contributed by atoms with van der Waals surface area (Å²) in [7, 11) is -2.99. The molecule has 2 amide bonds. The number of hydrogen-bond acceptors (Lipinski definition) is 6. The van der Waals surface area contributed by atoms with Crippen molar-refractivity contribution in [3.05, 3.63) is 0 Å². The van der Waals surface area contributed by atoms with Crippen LogP contribution >= 0.6 is 24.8 Å². The molecule has 164 valence electrons. The van der Waals surface area contributed by atoms with Gasteiger partial charge in [0, 0.05) is 44.7 Å². The summed E-state index contributed by atoms with van der Waals surface area (Å²) >= 11 is 0. The Morgan fingerprint density at radius 1 is 1.04 bits per heavy atom. The second-order valence-electron chi connectivity index (χ2n) is 7.88. The van der Waals surface area contributed by atoms with Crippen molar-refractivity contribution < 1.29 is 18.0 Å². The zero-order valence-corrected chi connectivity index (χ0v) is 18.5. The smallest absolute Gasteiger partial charge is 0.234 e. The molecule has 2 saturated heterocycles. The standard InChI is InChI=1S/C17H30N4O4S.2ClH/c18-15-3-1-2-13(15)10-17(23)21-7-5-20(6-8-21)11-16(22)19-14-4-9-26(24,25)12-14;;/h13-15H,1-12,18H2,(H,19,22);2*1H/t13-,14?,15+;;/m0../s1. The van der Waals surface area contributed by atoms with Gasteiger partial charge in [0.25, 0.3) is 0 Å². The van der Waals surface area contributed by atoms with Gasteiger partial charge in [-0.2, -0.15) is 0 Å². The molecular formula is C17H32Cl2N4O4S. The van der Waals surface area contributed by atoms with Crippen LogP contribution in [0.5, 0.6) is 0 Å². The van der Waals surface area contributed by atoms with Crippen molar-refractivity contribution in [1.82, 2.24) is 15.1 Å². The van der Waals surface area contributed by atoms with Crippen molar-refractivity contribution >= 4 is 46.5 Å². The zero-order valence-electron chi connectivity index (χ0n) is 16.0. The zero-order chi connectivity index (χ0) is 18.7. The van der Waals surface area contributed by atoms with Crippen LogP contribution in [0.1, 0.15) is 32.1 Å². The van der Waals surface area contributed by atoms with Crippen LogP contribution < -0.4 is 11.1 Å². The quantitative estimate of drug-likeness (QED) is 0.589. The van der Waals surface area contributed by atoms with Crippen LogP contribution in [0.4, 0.5) is 0 Å². The monoisotopic (exact) mass is 458 g/mol. The highest BCUT2D eigenvalue weighted by molar-refractivity contribution is 7.91. The van der Waals surface area contributed by atoms with Gasteiger partial charge in [-0.05, 0) is 25.2 Å².